The van der Waals surface area contributed by atoms with Crippen LogP contribution in [0.25, 0.3) is 5.65 Å². The molecular formula is C16H22N6O2. The highest BCUT2D eigenvalue weighted by molar-refractivity contribution is 5.84. The third kappa shape index (κ3) is 2.32. The minimum atomic E-state index is -0.318. The SMILES string of the molecule is CC(C)C1(C(=O)N2CCN(c3ccc4nncn4n3)CC2)COC1. The zero-order valence-electron chi connectivity index (χ0n) is 14.1. The lowest BCUT2D eigenvalue weighted by atomic mass is 9.74. The monoisotopic (exact) mass is 330 g/mol. The molecule has 0 aromatic carbocycles. The van der Waals surface area contributed by atoms with Crippen LogP contribution < -0.4 is 4.90 Å². The van der Waals surface area contributed by atoms with Crippen LogP contribution >= 0.6 is 0 Å². The van der Waals surface area contributed by atoms with Gasteiger partial charge in [0.15, 0.2) is 5.65 Å². The third-order valence-electron chi connectivity index (χ3n) is 5.29. The Balaban J connectivity index is 1.44. The molecule has 0 bridgehead atoms. The normalized spacial score (nSPS) is 20.5. The number of aromatic nitrogens is 4. The molecule has 0 aliphatic carbocycles. The van der Waals surface area contributed by atoms with E-state index in [2.05, 4.69) is 34.0 Å². The zero-order chi connectivity index (χ0) is 16.7. The topological polar surface area (TPSA) is 75.9 Å². The Hall–Kier alpha value is -2.22. The fraction of sp³-hybridized carbons (Fsp3) is 0.625. The average molecular weight is 330 g/mol. The van der Waals surface area contributed by atoms with Gasteiger partial charge in [-0.3, -0.25) is 4.79 Å². The van der Waals surface area contributed by atoms with E-state index in [1.165, 1.54) is 0 Å². The number of rotatable bonds is 3. The van der Waals surface area contributed by atoms with Crippen molar-refractivity contribution in [1.29, 1.82) is 0 Å². The second kappa shape index (κ2) is 5.70. The standard InChI is InChI=1S/C16H22N6O2/c1-12(2)16(9-24-10-16)15(23)21-7-5-20(6-8-21)14-4-3-13-18-17-11-22(13)19-14/h3-4,11-12H,5-10H2,1-2H3. The first kappa shape index (κ1) is 15.3. The van der Waals surface area contributed by atoms with Crippen LogP contribution in [0.4, 0.5) is 5.82 Å². The van der Waals surface area contributed by atoms with Gasteiger partial charge < -0.3 is 14.5 Å². The molecular weight excluding hydrogens is 308 g/mol. The molecule has 24 heavy (non-hydrogen) atoms. The minimum Gasteiger partial charge on any atom is -0.379 e. The lowest BCUT2D eigenvalue weighted by Crippen LogP contribution is -2.61. The molecule has 2 aromatic heterocycles. The van der Waals surface area contributed by atoms with E-state index in [4.69, 9.17) is 4.74 Å². The summed E-state index contributed by atoms with van der Waals surface area (Å²) in [5.74, 6) is 1.43. The van der Waals surface area contributed by atoms with Crippen LogP contribution in [-0.2, 0) is 9.53 Å². The molecule has 2 fully saturated rings. The van der Waals surface area contributed by atoms with Crippen molar-refractivity contribution in [2.45, 2.75) is 13.8 Å². The van der Waals surface area contributed by atoms with Crippen molar-refractivity contribution in [3.63, 3.8) is 0 Å². The summed E-state index contributed by atoms with van der Waals surface area (Å²) in [6, 6.07) is 3.86. The first-order valence-electron chi connectivity index (χ1n) is 8.39. The molecule has 0 unspecified atom stereocenters. The van der Waals surface area contributed by atoms with Gasteiger partial charge in [-0.2, -0.15) is 4.52 Å². The molecule has 0 spiro atoms. The molecule has 1 amide bonds. The van der Waals surface area contributed by atoms with E-state index in [-0.39, 0.29) is 11.3 Å². The number of fused-ring (bicyclic) bond motifs is 1. The van der Waals surface area contributed by atoms with Gasteiger partial charge in [0, 0.05) is 26.2 Å². The summed E-state index contributed by atoms with van der Waals surface area (Å²) in [6.45, 7) is 8.31. The van der Waals surface area contributed by atoms with E-state index in [9.17, 15) is 4.79 Å². The number of carbonyl (C=O) groups is 1. The Kier molecular flexibility index (Phi) is 3.64. The second-order valence-electron chi connectivity index (χ2n) is 6.91. The smallest absolute Gasteiger partial charge is 0.233 e. The fourth-order valence-electron chi connectivity index (χ4n) is 3.37. The summed E-state index contributed by atoms with van der Waals surface area (Å²) in [4.78, 5) is 17.1. The molecule has 0 saturated carbocycles. The van der Waals surface area contributed by atoms with Crippen molar-refractivity contribution in [1.82, 2.24) is 24.7 Å². The van der Waals surface area contributed by atoms with Crippen molar-refractivity contribution < 1.29 is 9.53 Å². The number of hydrogen-bond acceptors (Lipinski definition) is 6. The second-order valence-corrected chi connectivity index (χ2v) is 6.91. The van der Waals surface area contributed by atoms with Crippen LogP contribution in [0.5, 0.6) is 0 Å². The number of ether oxygens (including phenoxy) is 1. The Morgan fingerprint density at radius 2 is 1.96 bits per heavy atom. The summed E-state index contributed by atoms with van der Waals surface area (Å²) in [6.07, 6.45) is 1.60. The molecule has 2 aromatic rings. The van der Waals surface area contributed by atoms with E-state index in [1.807, 2.05) is 17.0 Å². The molecule has 4 rings (SSSR count). The first-order chi connectivity index (χ1) is 11.6. The first-order valence-corrected chi connectivity index (χ1v) is 8.39. The van der Waals surface area contributed by atoms with Gasteiger partial charge in [0.25, 0.3) is 0 Å². The van der Waals surface area contributed by atoms with Gasteiger partial charge in [0.1, 0.15) is 12.1 Å². The third-order valence-corrected chi connectivity index (χ3v) is 5.29. The average Bonchev–Trinajstić information content (AvgIpc) is 3.01. The molecule has 0 N–H and O–H groups in total. The molecule has 8 heteroatoms. The Morgan fingerprint density at radius 1 is 1.21 bits per heavy atom. The highest BCUT2D eigenvalue weighted by Gasteiger charge is 2.50. The van der Waals surface area contributed by atoms with Crippen molar-refractivity contribution in [3.8, 4) is 0 Å². The van der Waals surface area contributed by atoms with Crippen LogP contribution in [0.1, 0.15) is 13.8 Å². The van der Waals surface area contributed by atoms with E-state index >= 15 is 0 Å². The molecule has 4 heterocycles. The summed E-state index contributed by atoms with van der Waals surface area (Å²) in [5, 5.41) is 12.3. The van der Waals surface area contributed by atoms with Crippen LogP contribution in [0.2, 0.25) is 0 Å². The molecule has 2 saturated heterocycles. The maximum absolute atomic E-state index is 12.9. The van der Waals surface area contributed by atoms with Crippen LogP contribution in [-0.4, -0.2) is 70.0 Å². The number of amides is 1. The lowest BCUT2D eigenvalue weighted by molar-refractivity contribution is -0.182. The number of carbonyl (C=O) groups excluding carboxylic acids is 1. The Morgan fingerprint density at radius 3 is 2.58 bits per heavy atom. The minimum absolute atomic E-state index is 0.241. The maximum Gasteiger partial charge on any atom is 0.233 e. The van der Waals surface area contributed by atoms with Gasteiger partial charge >= 0.3 is 0 Å². The summed E-state index contributed by atoms with van der Waals surface area (Å²) in [7, 11) is 0. The Labute approximate surface area is 140 Å². The fourth-order valence-corrected chi connectivity index (χ4v) is 3.37. The highest BCUT2D eigenvalue weighted by atomic mass is 16.5. The predicted molar refractivity (Wildman–Crippen MR) is 87.7 cm³/mol. The molecule has 8 nitrogen and oxygen atoms in total. The van der Waals surface area contributed by atoms with E-state index in [1.54, 1.807) is 10.8 Å². The van der Waals surface area contributed by atoms with Gasteiger partial charge in [-0.1, -0.05) is 13.8 Å². The number of anilines is 1. The van der Waals surface area contributed by atoms with Gasteiger partial charge in [0.2, 0.25) is 5.91 Å². The highest BCUT2D eigenvalue weighted by Crippen LogP contribution is 2.38. The number of nitrogens with zero attached hydrogens (tertiary/aromatic N) is 6. The molecule has 128 valence electrons. The van der Waals surface area contributed by atoms with Crippen molar-refractivity contribution in [3.05, 3.63) is 18.5 Å². The zero-order valence-corrected chi connectivity index (χ0v) is 14.1. The summed E-state index contributed by atoms with van der Waals surface area (Å²) in [5.41, 5.74) is 0.415. The van der Waals surface area contributed by atoms with Gasteiger partial charge in [-0.15, -0.1) is 15.3 Å². The molecule has 0 radical (unpaired) electrons. The van der Waals surface area contributed by atoms with E-state index < -0.39 is 0 Å². The Bertz CT molecular complexity index is 746. The largest absolute Gasteiger partial charge is 0.379 e. The van der Waals surface area contributed by atoms with Gasteiger partial charge in [-0.25, -0.2) is 0 Å². The van der Waals surface area contributed by atoms with Gasteiger partial charge in [0.05, 0.1) is 18.6 Å². The van der Waals surface area contributed by atoms with Crippen molar-refractivity contribution in [2.24, 2.45) is 11.3 Å². The summed E-state index contributed by atoms with van der Waals surface area (Å²) >= 11 is 0. The molecule has 0 atom stereocenters. The molecule has 2 aliphatic rings. The van der Waals surface area contributed by atoms with Gasteiger partial charge in [-0.05, 0) is 18.1 Å². The number of hydrogen-bond donors (Lipinski definition) is 0. The maximum atomic E-state index is 12.9. The van der Waals surface area contributed by atoms with Crippen molar-refractivity contribution in [2.75, 3.05) is 44.3 Å². The lowest BCUT2D eigenvalue weighted by Gasteiger charge is -2.47. The van der Waals surface area contributed by atoms with Crippen molar-refractivity contribution >= 4 is 17.4 Å². The molecule has 2 aliphatic heterocycles. The van der Waals surface area contributed by atoms with E-state index in [0.717, 1.165) is 37.6 Å². The summed E-state index contributed by atoms with van der Waals surface area (Å²) < 4.78 is 7.03. The number of piperazine rings is 1. The predicted octanol–water partition coefficient (Wildman–Crippen LogP) is 0.446. The van der Waals surface area contributed by atoms with Crippen LogP contribution in [0, 0.1) is 11.3 Å². The van der Waals surface area contributed by atoms with E-state index in [0.29, 0.717) is 19.1 Å². The van der Waals surface area contributed by atoms with Crippen LogP contribution in [0.3, 0.4) is 0 Å². The quantitative estimate of drug-likeness (QED) is 0.813. The van der Waals surface area contributed by atoms with Crippen LogP contribution in [0.15, 0.2) is 18.5 Å².